The number of halogens is 1. The van der Waals surface area contributed by atoms with Crippen LogP contribution in [0.3, 0.4) is 0 Å². The van der Waals surface area contributed by atoms with Crippen LogP contribution in [-0.2, 0) is 6.42 Å². The quantitative estimate of drug-likeness (QED) is 0.770. The van der Waals surface area contributed by atoms with Gasteiger partial charge in [-0.3, -0.25) is 4.98 Å². The van der Waals surface area contributed by atoms with Crippen LogP contribution in [0.1, 0.15) is 38.7 Å². The van der Waals surface area contributed by atoms with Gasteiger partial charge in [0.1, 0.15) is 5.82 Å². The van der Waals surface area contributed by atoms with Crippen LogP contribution in [0.15, 0.2) is 18.5 Å². The van der Waals surface area contributed by atoms with Crippen LogP contribution in [0, 0.1) is 5.82 Å². The van der Waals surface area contributed by atoms with Crippen molar-refractivity contribution in [2.45, 2.75) is 45.6 Å². The zero-order chi connectivity index (χ0) is 11.8. The van der Waals surface area contributed by atoms with Crippen LogP contribution in [0.25, 0.3) is 0 Å². The Morgan fingerprint density at radius 2 is 2.19 bits per heavy atom. The molecule has 0 bridgehead atoms. The highest BCUT2D eigenvalue weighted by Gasteiger charge is 2.08. The molecule has 0 saturated carbocycles. The Balaban J connectivity index is 2.45. The van der Waals surface area contributed by atoms with E-state index in [-0.39, 0.29) is 5.82 Å². The molecule has 1 rings (SSSR count). The molecule has 90 valence electrons. The van der Waals surface area contributed by atoms with Gasteiger partial charge in [0.25, 0.3) is 0 Å². The van der Waals surface area contributed by atoms with Crippen molar-refractivity contribution in [1.82, 2.24) is 10.3 Å². The third-order valence-electron chi connectivity index (χ3n) is 2.75. The number of nitrogens with zero attached hydrogens (tertiary/aromatic N) is 1. The van der Waals surface area contributed by atoms with E-state index in [4.69, 9.17) is 0 Å². The molecular weight excluding hydrogens is 203 g/mol. The average molecular weight is 224 g/mol. The molecule has 1 heterocycles. The minimum absolute atomic E-state index is 0.186. The molecular formula is C13H21FN2. The van der Waals surface area contributed by atoms with Gasteiger partial charge in [-0.1, -0.05) is 20.3 Å². The molecule has 0 saturated heterocycles. The highest BCUT2D eigenvalue weighted by molar-refractivity contribution is 5.12. The summed E-state index contributed by atoms with van der Waals surface area (Å²) in [7, 11) is 0. The van der Waals surface area contributed by atoms with Crippen molar-refractivity contribution in [2.24, 2.45) is 0 Å². The SMILES string of the molecule is CCCC(CCc1ccncc1F)NCC. The van der Waals surface area contributed by atoms with E-state index in [1.165, 1.54) is 6.20 Å². The average Bonchev–Trinajstić information content (AvgIpc) is 2.28. The van der Waals surface area contributed by atoms with Gasteiger partial charge in [0.05, 0.1) is 6.20 Å². The molecule has 0 spiro atoms. The van der Waals surface area contributed by atoms with Crippen molar-refractivity contribution < 1.29 is 4.39 Å². The van der Waals surface area contributed by atoms with Crippen LogP contribution >= 0.6 is 0 Å². The summed E-state index contributed by atoms with van der Waals surface area (Å²) in [5.41, 5.74) is 0.772. The second-order valence-corrected chi connectivity index (χ2v) is 4.05. The number of pyridine rings is 1. The summed E-state index contributed by atoms with van der Waals surface area (Å²) in [5, 5.41) is 3.44. The maximum absolute atomic E-state index is 13.3. The van der Waals surface area contributed by atoms with Crippen molar-refractivity contribution in [3.8, 4) is 0 Å². The lowest BCUT2D eigenvalue weighted by Crippen LogP contribution is -2.29. The summed E-state index contributed by atoms with van der Waals surface area (Å²) in [5.74, 6) is -0.186. The summed E-state index contributed by atoms with van der Waals surface area (Å²) < 4.78 is 13.3. The number of rotatable bonds is 7. The van der Waals surface area contributed by atoms with Crippen molar-refractivity contribution in [1.29, 1.82) is 0 Å². The highest BCUT2D eigenvalue weighted by atomic mass is 19.1. The van der Waals surface area contributed by atoms with Crippen LogP contribution in [0.5, 0.6) is 0 Å². The van der Waals surface area contributed by atoms with Gasteiger partial charge in [0, 0.05) is 12.2 Å². The van der Waals surface area contributed by atoms with Crippen LogP contribution in [0.4, 0.5) is 4.39 Å². The maximum atomic E-state index is 13.3. The van der Waals surface area contributed by atoms with Crippen molar-refractivity contribution in [3.63, 3.8) is 0 Å². The molecule has 16 heavy (non-hydrogen) atoms. The fourth-order valence-corrected chi connectivity index (χ4v) is 1.92. The van der Waals surface area contributed by atoms with Gasteiger partial charge in [0.2, 0.25) is 0 Å². The van der Waals surface area contributed by atoms with Gasteiger partial charge in [-0.15, -0.1) is 0 Å². The predicted molar refractivity (Wildman–Crippen MR) is 64.9 cm³/mol. The van der Waals surface area contributed by atoms with Gasteiger partial charge >= 0.3 is 0 Å². The zero-order valence-corrected chi connectivity index (χ0v) is 10.2. The molecule has 1 aromatic rings. The molecule has 1 atom stereocenters. The minimum Gasteiger partial charge on any atom is -0.314 e. The maximum Gasteiger partial charge on any atom is 0.144 e. The van der Waals surface area contributed by atoms with Crippen LogP contribution < -0.4 is 5.32 Å². The molecule has 0 aromatic carbocycles. The smallest absolute Gasteiger partial charge is 0.144 e. The van der Waals surface area contributed by atoms with Crippen LogP contribution in [-0.4, -0.2) is 17.6 Å². The molecule has 0 amide bonds. The first-order valence-electron chi connectivity index (χ1n) is 6.09. The van der Waals surface area contributed by atoms with Gasteiger partial charge in [-0.2, -0.15) is 0 Å². The summed E-state index contributed by atoms with van der Waals surface area (Å²) >= 11 is 0. The Labute approximate surface area is 97.3 Å². The molecule has 0 radical (unpaired) electrons. The first-order valence-corrected chi connectivity index (χ1v) is 6.09. The van der Waals surface area contributed by atoms with Crippen molar-refractivity contribution in [2.75, 3.05) is 6.54 Å². The van der Waals surface area contributed by atoms with Gasteiger partial charge in [-0.05, 0) is 37.4 Å². The molecule has 0 aliphatic heterocycles. The fourth-order valence-electron chi connectivity index (χ4n) is 1.92. The van der Waals surface area contributed by atoms with E-state index in [2.05, 4.69) is 24.1 Å². The second kappa shape index (κ2) is 7.34. The number of hydrogen-bond acceptors (Lipinski definition) is 2. The molecule has 0 fully saturated rings. The number of aromatic nitrogens is 1. The van der Waals surface area contributed by atoms with E-state index in [0.29, 0.717) is 6.04 Å². The van der Waals surface area contributed by atoms with E-state index in [0.717, 1.165) is 37.8 Å². The van der Waals surface area contributed by atoms with Gasteiger partial charge in [-0.25, -0.2) is 4.39 Å². The Morgan fingerprint density at radius 3 is 2.81 bits per heavy atom. The van der Waals surface area contributed by atoms with Gasteiger partial charge < -0.3 is 5.32 Å². The first-order chi connectivity index (χ1) is 7.77. The number of nitrogens with one attached hydrogen (secondary N) is 1. The summed E-state index contributed by atoms with van der Waals surface area (Å²) in [6, 6.07) is 2.27. The van der Waals surface area contributed by atoms with E-state index < -0.39 is 0 Å². The first kappa shape index (κ1) is 13.1. The topological polar surface area (TPSA) is 24.9 Å². The molecule has 1 aromatic heterocycles. The van der Waals surface area contributed by atoms with E-state index in [1.807, 2.05) is 0 Å². The summed E-state index contributed by atoms with van der Waals surface area (Å²) in [4.78, 5) is 3.75. The Kier molecular flexibility index (Phi) is 6.01. The van der Waals surface area contributed by atoms with E-state index >= 15 is 0 Å². The fraction of sp³-hybridized carbons (Fsp3) is 0.615. The minimum atomic E-state index is -0.186. The highest BCUT2D eigenvalue weighted by Crippen LogP contribution is 2.11. The second-order valence-electron chi connectivity index (χ2n) is 4.05. The Bertz CT molecular complexity index is 296. The molecule has 1 N–H and O–H groups in total. The predicted octanol–water partition coefficient (Wildman–Crippen LogP) is 2.93. The summed E-state index contributed by atoms with van der Waals surface area (Å²) in [6.07, 6.45) is 7.03. The Hall–Kier alpha value is -0.960. The molecule has 3 heteroatoms. The third-order valence-corrected chi connectivity index (χ3v) is 2.75. The van der Waals surface area contributed by atoms with E-state index in [9.17, 15) is 4.39 Å². The molecule has 2 nitrogen and oxygen atoms in total. The number of hydrogen-bond donors (Lipinski definition) is 1. The standard InChI is InChI=1S/C13H21FN2/c1-3-5-12(16-4-2)7-6-11-8-9-15-10-13(11)14/h8-10,12,16H,3-7H2,1-2H3. The molecule has 1 unspecified atom stereocenters. The van der Waals surface area contributed by atoms with Gasteiger partial charge in [0.15, 0.2) is 0 Å². The lowest BCUT2D eigenvalue weighted by molar-refractivity contribution is 0.455. The zero-order valence-electron chi connectivity index (χ0n) is 10.2. The van der Waals surface area contributed by atoms with Crippen molar-refractivity contribution >= 4 is 0 Å². The lowest BCUT2D eigenvalue weighted by atomic mass is 10.0. The summed E-state index contributed by atoms with van der Waals surface area (Å²) in [6.45, 7) is 5.26. The Morgan fingerprint density at radius 1 is 1.38 bits per heavy atom. The molecule has 0 aliphatic rings. The molecule has 0 aliphatic carbocycles. The largest absolute Gasteiger partial charge is 0.314 e. The van der Waals surface area contributed by atoms with Crippen molar-refractivity contribution in [3.05, 3.63) is 29.8 Å². The van der Waals surface area contributed by atoms with E-state index in [1.54, 1.807) is 12.3 Å². The lowest BCUT2D eigenvalue weighted by Gasteiger charge is -2.16. The normalized spacial score (nSPS) is 12.7. The van der Waals surface area contributed by atoms with Crippen LogP contribution in [0.2, 0.25) is 0 Å². The monoisotopic (exact) mass is 224 g/mol. The third kappa shape index (κ3) is 4.27. The number of aryl methyl sites for hydroxylation is 1.